The molecule has 0 amide bonds. The van der Waals surface area contributed by atoms with Crippen LogP contribution in [0.15, 0.2) is 103 Å². The minimum Gasteiger partial charge on any atom is -0.0832 e. The molecule has 2 aliphatic carbocycles. The summed E-state index contributed by atoms with van der Waals surface area (Å²) in [6.07, 6.45) is 5.95. The molecule has 0 saturated carbocycles. The molecule has 2 aliphatic rings. The molecule has 11 aromatic carbocycles. The van der Waals surface area contributed by atoms with E-state index in [0.717, 1.165) is 6.42 Å². The van der Waals surface area contributed by atoms with Crippen LogP contribution in [0.3, 0.4) is 0 Å². The summed E-state index contributed by atoms with van der Waals surface area (Å²) in [5, 5.41) is 29.0. The topological polar surface area (TPSA) is 0 Å². The van der Waals surface area contributed by atoms with Gasteiger partial charge in [-0.15, -0.1) is 0 Å². The van der Waals surface area contributed by atoms with Crippen molar-refractivity contribution in [2.45, 2.75) is 12.3 Å². The van der Waals surface area contributed by atoms with Crippen molar-refractivity contribution in [3.05, 3.63) is 120 Å². The van der Waals surface area contributed by atoms with Gasteiger partial charge in [-0.05, 0) is 131 Å². The molecule has 0 nitrogen and oxygen atoms in total. The summed E-state index contributed by atoms with van der Waals surface area (Å²) in [5.41, 5.74) is 4.59. The van der Waals surface area contributed by atoms with Gasteiger partial charge in [0, 0.05) is 5.92 Å². The average molecular weight is 525 g/mol. The molecule has 0 bridgehead atoms. The van der Waals surface area contributed by atoms with Gasteiger partial charge in [-0.2, -0.15) is 0 Å². The van der Waals surface area contributed by atoms with Gasteiger partial charge >= 0.3 is 0 Å². The summed E-state index contributed by atoms with van der Waals surface area (Å²) in [6, 6.07) is 35.3. The molecule has 0 spiro atoms. The molecule has 0 N–H and O–H groups in total. The van der Waals surface area contributed by atoms with Crippen molar-refractivity contribution in [1.82, 2.24) is 0 Å². The van der Waals surface area contributed by atoms with E-state index in [9.17, 15) is 0 Å². The Balaban J connectivity index is 1.60. The van der Waals surface area contributed by atoms with Crippen LogP contribution in [-0.4, -0.2) is 0 Å². The first-order valence-electron chi connectivity index (χ1n) is 15.2. The summed E-state index contributed by atoms with van der Waals surface area (Å²) >= 11 is 0. The average Bonchev–Trinajstić information content (AvgIpc) is 3.06. The van der Waals surface area contributed by atoms with Crippen molar-refractivity contribution in [3.8, 4) is 0 Å². The van der Waals surface area contributed by atoms with Crippen molar-refractivity contribution in [2.24, 2.45) is 0 Å². The zero-order valence-electron chi connectivity index (χ0n) is 22.6. The molecule has 0 heterocycles. The highest BCUT2D eigenvalue weighted by Gasteiger charge is 2.35. The Morgan fingerprint density at radius 1 is 0.357 bits per heavy atom. The molecule has 188 valence electrons. The minimum atomic E-state index is 0.297. The SMILES string of the molecule is C1=CC2c3cccc4c5cccc6c7cccc8c9cccc%10c%11cccc%12c(c2c2c(c34)c(c56)c(c78)c(c%109)c2c%12%11)C1. The van der Waals surface area contributed by atoms with Gasteiger partial charge in [0.1, 0.15) is 0 Å². The lowest BCUT2D eigenvalue weighted by atomic mass is 9.68. The van der Waals surface area contributed by atoms with E-state index in [0.29, 0.717) is 5.92 Å². The molecule has 0 saturated heterocycles. The number of hydrogen-bond donors (Lipinski definition) is 0. The Morgan fingerprint density at radius 3 is 1.26 bits per heavy atom. The highest BCUT2D eigenvalue weighted by Crippen LogP contribution is 2.61. The smallest absolute Gasteiger partial charge is 0.0285 e. The van der Waals surface area contributed by atoms with Gasteiger partial charge < -0.3 is 0 Å². The second kappa shape index (κ2) is 6.03. The third kappa shape index (κ3) is 1.75. The minimum absolute atomic E-state index is 0.297. The summed E-state index contributed by atoms with van der Waals surface area (Å²) < 4.78 is 0. The maximum absolute atomic E-state index is 2.51. The van der Waals surface area contributed by atoms with Crippen molar-refractivity contribution in [1.29, 1.82) is 0 Å². The molecule has 1 unspecified atom stereocenters. The largest absolute Gasteiger partial charge is 0.0832 e. The summed E-state index contributed by atoms with van der Waals surface area (Å²) in [7, 11) is 0. The normalized spacial score (nSPS) is 16.6. The molecule has 0 radical (unpaired) electrons. The highest BCUT2D eigenvalue weighted by molar-refractivity contribution is 6.57. The monoisotopic (exact) mass is 524 g/mol. The summed E-state index contributed by atoms with van der Waals surface area (Å²) in [5.74, 6) is 0.297. The summed E-state index contributed by atoms with van der Waals surface area (Å²) in [4.78, 5) is 0. The van der Waals surface area contributed by atoms with Crippen LogP contribution in [0.25, 0.3) is 108 Å². The van der Waals surface area contributed by atoms with Gasteiger partial charge in [0.15, 0.2) is 0 Å². The van der Waals surface area contributed by atoms with E-state index < -0.39 is 0 Å². The fourth-order valence-corrected chi connectivity index (χ4v) is 10.2. The molecule has 11 aromatic rings. The van der Waals surface area contributed by atoms with Gasteiger partial charge in [-0.25, -0.2) is 0 Å². The number of allylic oxidation sites excluding steroid dienone is 2. The van der Waals surface area contributed by atoms with E-state index in [1.54, 1.807) is 5.56 Å². The molecule has 0 heteroatoms. The van der Waals surface area contributed by atoms with Gasteiger partial charge in [-0.3, -0.25) is 0 Å². The number of fused-ring (bicyclic) bond motifs is 6. The lowest BCUT2D eigenvalue weighted by molar-refractivity contribution is 0.982. The first-order valence-corrected chi connectivity index (χ1v) is 15.2. The first-order chi connectivity index (χ1) is 20.9. The molecular formula is C42H20. The van der Waals surface area contributed by atoms with E-state index in [1.807, 2.05) is 0 Å². The predicted molar refractivity (Wildman–Crippen MR) is 181 cm³/mol. The zero-order chi connectivity index (χ0) is 26.6. The van der Waals surface area contributed by atoms with E-state index in [2.05, 4.69) is 103 Å². The van der Waals surface area contributed by atoms with Gasteiger partial charge in [-0.1, -0.05) is 103 Å². The van der Waals surface area contributed by atoms with E-state index in [-0.39, 0.29) is 0 Å². The molecule has 0 aromatic heterocycles. The Kier molecular flexibility index (Phi) is 2.84. The van der Waals surface area contributed by atoms with Crippen LogP contribution < -0.4 is 0 Å². The van der Waals surface area contributed by atoms with E-state index in [4.69, 9.17) is 0 Å². The van der Waals surface area contributed by atoms with Crippen molar-refractivity contribution in [2.75, 3.05) is 0 Å². The third-order valence-corrected chi connectivity index (χ3v) is 11.5. The van der Waals surface area contributed by atoms with E-state index >= 15 is 0 Å². The van der Waals surface area contributed by atoms with Gasteiger partial charge in [0.05, 0.1) is 0 Å². The lowest BCUT2D eigenvalue weighted by Gasteiger charge is -2.35. The quantitative estimate of drug-likeness (QED) is 0.105. The maximum Gasteiger partial charge on any atom is 0.0285 e. The van der Waals surface area contributed by atoms with Crippen LogP contribution in [0.2, 0.25) is 0 Å². The fourth-order valence-electron chi connectivity index (χ4n) is 10.2. The fraction of sp³-hybridized carbons (Fsp3) is 0.0476. The predicted octanol–water partition coefficient (Wildman–Crippen LogP) is 11.5. The summed E-state index contributed by atoms with van der Waals surface area (Å²) in [6.45, 7) is 0. The van der Waals surface area contributed by atoms with Gasteiger partial charge in [0.2, 0.25) is 0 Å². The number of hydrogen-bond acceptors (Lipinski definition) is 0. The lowest BCUT2D eigenvalue weighted by Crippen LogP contribution is -2.13. The van der Waals surface area contributed by atoms with Crippen LogP contribution >= 0.6 is 0 Å². The standard InChI is InChI=1S/C42H20/c1-7-19-21-9-2-11-23-25-13-4-15-27-29-17-6-18-30-28-16-5-14-26-24-12-3-10-22-20(8-1)31(19)37-38(32(21)23)40(34(25)27)42(36(29)30)41(35(26)28)39(37)33(22)24/h1-17,29H,18H2. The Labute approximate surface area is 239 Å². The van der Waals surface area contributed by atoms with Crippen LogP contribution in [0.5, 0.6) is 0 Å². The Morgan fingerprint density at radius 2 is 0.738 bits per heavy atom. The van der Waals surface area contributed by atoms with Crippen LogP contribution in [0, 0.1) is 0 Å². The van der Waals surface area contributed by atoms with Crippen LogP contribution in [0.1, 0.15) is 22.6 Å². The Bertz CT molecular complexity index is 3000. The molecule has 1 atom stereocenters. The molecule has 42 heavy (non-hydrogen) atoms. The van der Waals surface area contributed by atoms with E-state index in [1.165, 1.54) is 119 Å². The second-order valence-corrected chi connectivity index (χ2v) is 12.9. The van der Waals surface area contributed by atoms with Crippen LogP contribution in [0.4, 0.5) is 0 Å². The number of rotatable bonds is 0. The van der Waals surface area contributed by atoms with Gasteiger partial charge in [0.25, 0.3) is 0 Å². The highest BCUT2D eigenvalue weighted by atomic mass is 14.4. The molecule has 0 aliphatic heterocycles. The van der Waals surface area contributed by atoms with Crippen molar-refractivity contribution < 1.29 is 0 Å². The first kappa shape index (κ1) is 19.8. The maximum atomic E-state index is 2.51. The number of benzene rings is 11. The van der Waals surface area contributed by atoms with Crippen molar-refractivity contribution in [3.63, 3.8) is 0 Å². The Hall–Kier alpha value is -5.20. The molecular weight excluding hydrogens is 504 g/mol. The molecule has 0 fully saturated rings. The second-order valence-electron chi connectivity index (χ2n) is 12.9. The van der Waals surface area contributed by atoms with Crippen molar-refractivity contribution >= 4 is 108 Å². The third-order valence-electron chi connectivity index (χ3n) is 11.5. The van der Waals surface area contributed by atoms with Crippen LogP contribution in [-0.2, 0) is 6.42 Å². The molecule has 13 rings (SSSR count). The zero-order valence-corrected chi connectivity index (χ0v) is 22.6.